The molecule has 1 aromatic rings. The fraction of sp³-hybridized carbons (Fsp3) is 0.500. The number of benzene rings is 1. The third-order valence-electron chi connectivity index (χ3n) is 5.00. The number of anilines is 1. The highest BCUT2D eigenvalue weighted by molar-refractivity contribution is 6.13. The number of carbonyl (C=O) groups is 3. The Hall–Kier alpha value is -2.77. The van der Waals surface area contributed by atoms with Gasteiger partial charge in [0.15, 0.2) is 0 Å². The SMILES string of the molecule is COc1ccc(NC(=O)C2(C(=O)N3CCN(C=O)CC3)CC2)c(OC)c1. The summed E-state index contributed by atoms with van der Waals surface area (Å²) in [6, 6.07) is 5.09. The number of nitrogens with one attached hydrogen (secondary N) is 1. The quantitative estimate of drug-likeness (QED) is 0.596. The third kappa shape index (κ3) is 3.31. The first kappa shape index (κ1) is 18.0. The van der Waals surface area contributed by atoms with Gasteiger partial charge in [0.2, 0.25) is 18.2 Å². The summed E-state index contributed by atoms with van der Waals surface area (Å²) in [4.78, 5) is 39.8. The molecule has 8 heteroatoms. The van der Waals surface area contributed by atoms with Gasteiger partial charge >= 0.3 is 0 Å². The van der Waals surface area contributed by atoms with E-state index in [0.29, 0.717) is 56.2 Å². The van der Waals surface area contributed by atoms with Gasteiger partial charge in [0.1, 0.15) is 16.9 Å². The molecule has 1 N–H and O–H groups in total. The molecule has 1 heterocycles. The lowest BCUT2D eigenvalue weighted by molar-refractivity contribution is -0.144. The average molecular weight is 361 g/mol. The Bertz CT molecular complexity index is 709. The Morgan fingerprint density at radius 1 is 1.12 bits per heavy atom. The summed E-state index contributed by atoms with van der Waals surface area (Å²) in [5.74, 6) is 0.613. The molecule has 1 saturated carbocycles. The molecule has 26 heavy (non-hydrogen) atoms. The summed E-state index contributed by atoms with van der Waals surface area (Å²) >= 11 is 0. The van der Waals surface area contributed by atoms with Crippen LogP contribution in [0.25, 0.3) is 0 Å². The molecule has 0 atom stereocenters. The Morgan fingerprint density at radius 3 is 2.35 bits per heavy atom. The van der Waals surface area contributed by atoms with E-state index in [1.54, 1.807) is 35.1 Å². The summed E-state index contributed by atoms with van der Waals surface area (Å²) in [7, 11) is 3.06. The van der Waals surface area contributed by atoms with Crippen molar-refractivity contribution in [2.24, 2.45) is 5.41 Å². The number of hydrogen-bond donors (Lipinski definition) is 1. The number of rotatable bonds is 6. The van der Waals surface area contributed by atoms with Crippen LogP contribution in [0.2, 0.25) is 0 Å². The Balaban J connectivity index is 1.69. The van der Waals surface area contributed by atoms with Crippen molar-refractivity contribution in [1.82, 2.24) is 9.80 Å². The van der Waals surface area contributed by atoms with Crippen LogP contribution in [-0.4, -0.2) is 68.4 Å². The summed E-state index contributed by atoms with van der Waals surface area (Å²) in [5, 5.41) is 2.82. The fourth-order valence-electron chi connectivity index (χ4n) is 3.14. The highest BCUT2D eigenvalue weighted by Gasteiger charge is 2.58. The largest absolute Gasteiger partial charge is 0.497 e. The maximum Gasteiger partial charge on any atom is 0.240 e. The van der Waals surface area contributed by atoms with Crippen LogP contribution >= 0.6 is 0 Å². The highest BCUT2D eigenvalue weighted by Crippen LogP contribution is 2.48. The van der Waals surface area contributed by atoms with Crippen molar-refractivity contribution < 1.29 is 23.9 Å². The predicted octanol–water partition coefficient (Wildman–Crippen LogP) is 0.723. The van der Waals surface area contributed by atoms with E-state index < -0.39 is 5.41 Å². The fourth-order valence-corrected chi connectivity index (χ4v) is 3.14. The second kappa shape index (κ2) is 7.23. The molecule has 0 aromatic heterocycles. The van der Waals surface area contributed by atoms with Gasteiger partial charge in [0.05, 0.1) is 19.9 Å². The molecule has 2 aliphatic rings. The van der Waals surface area contributed by atoms with Gasteiger partial charge in [-0.3, -0.25) is 14.4 Å². The zero-order valence-corrected chi connectivity index (χ0v) is 15.0. The number of piperazine rings is 1. The lowest BCUT2D eigenvalue weighted by Gasteiger charge is -2.34. The zero-order valence-electron chi connectivity index (χ0n) is 15.0. The molecule has 140 valence electrons. The minimum Gasteiger partial charge on any atom is -0.497 e. The van der Waals surface area contributed by atoms with Gasteiger partial charge in [-0.1, -0.05) is 0 Å². The van der Waals surface area contributed by atoms with Crippen molar-refractivity contribution in [3.8, 4) is 11.5 Å². The number of carbonyl (C=O) groups excluding carboxylic acids is 3. The molecule has 1 aliphatic carbocycles. The Morgan fingerprint density at radius 2 is 1.81 bits per heavy atom. The van der Waals surface area contributed by atoms with Gasteiger partial charge in [-0.25, -0.2) is 0 Å². The first-order valence-electron chi connectivity index (χ1n) is 8.56. The molecule has 3 amide bonds. The van der Waals surface area contributed by atoms with E-state index in [1.165, 1.54) is 7.11 Å². The number of ether oxygens (including phenoxy) is 2. The lowest BCUT2D eigenvalue weighted by Crippen LogP contribution is -2.52. The molecule has 1 aromatic carbocycles. The Labute approximate surface area is 152 Å². The zero-order chi connectivity index (χ0) is 18.7. The molecule has 0 spiro atoms. The summed E-state index contributed by atoms with van der Waals surface area (Å²) in [5.41, 5.74) is -0.503. The van der Waals surface area contributed by atoms with Gasteiger partial charge < -0.3 is 24.6 Å². The van der Waals surface area contributed by atoms with Crippen LogP contribution in [0.5, 0.6) is 11.5 Å². The topological polar surface area (TPSA) is 88.2 Å². The Kier molecular flexibility index (Phi) is 5.01. The number of methoxy groups -OCH3 is 2. The first-order valence-corrected chi connectivity index (χ1v) is 8.56. The molecular formula is C18H23N3O5. The second-order valence-corrected chi connectivity index (χ2v) is 6.54. The molecule has 8 nitrogen and oxygen atoms in total. The van der Waals surface area contributed by atoms with Crippen molar-refractivity contribution >= 4 is 23.9 Å². The van der Waals surface area contributed by atoms with Crippen LogP contribution in [0.3, 0.4) is 0 Å². The summed E-state index contributed by atoms with van der Waals surface area (Å²) in [6.07, 6.45) is 1.85. The van der Waals surface area contributed by atoms with Crippen LogP contribution < -0.4 is 14.8 Å². The molecule has 0 radical (unpaired) electrons. The molecule has 2 fully saturated rings. The lowest BCUT2D eigenvalue weighted by atomic mass is 10.0. The van der Waals surface area contributed by atoms with E-state index in [0.717, 1.165) is 6.41 Å². The van der Waals surface area contributed by atoms with Crippen molar-refractivity contribution in [1.29, 1.82) is 0 Å². The maximum absolute atomic E-state index is 12.9. The minimum atomic E-state index is -1.01. The van der Waals surface area contributed by atoms with Crippen molar-refractivity contribution in [3.05, 3.63) is 18.2 Å². The van der Waals surface area contributed by atoms with Crippen LogP contribution in [0, 0.1) is 5.41 Å². The van der Waals surface area contributed by atoms with E-state index in [4.69, 9.17) is 9.47 Å². The molecule has 1 aliphatic heterocycles. The van der Waals surface area contributed by atoms with E-state index >= 15 is 0 Å². The van der Waals surface area contributed by atoms with Crippen molar-refractivity contribution in [3.63, 3.8) is 0 Å². The monoisotopic (exact) mass is 361 g/mol. The van der Waals surface area contributed by atoms with Crippen molar-refractivity contribution in [2.75, 3.05) is 45.7 Å². The van der Waals surface area contributed by atoms with Crippen LogP contribution in [0.15, 0.2) is 18.2 Å². The molecule has 3 rings (SSSR count). The smallest absolute Gasteiger partial charge is 0.240 e. The standard InChI is InChI=1S/C18H23N3O5/c1-25-13-3-4-14(15(11-13)26-2)19-16(23)18(5-6-18)17(24)21-9-7-20(12-22)8-10-21/h3-4,11-12H,5-10H2,1-2H3,(H,19,23). The predicted molar refractivity (Wildman–Crippen MR) is 94.1 cm³/mol. The number of hydrogen-bond acceptors (Lipinski definition) is 5. The van der Waals surface area contributed by atoms with Crippen LogP contribution in [0.1, 0.15) is 12.8 Å². The molecule has 1 saturated heterocycles. The molecule has 0 bridgehead atoms. The van der Waals surface area contributed by atoms with Crippen LogP contribution in [-0.2, 0) is 14.4 Å². The maximum atomic E-state index is 12.9. The van der Waals surface area contributed by atoms with E-state index in [2.05, 4.69) is 5.32 Å². The van der Waals surface area contributed by atoms with Crippen molar-refractivity contribution in [2.45, 2.75) is 12.8 Å². The number of nitrogens with zero attached hydrogens (tertiary/aromatic N) is 2. The minimum absolute atomic E-state index is 0.159. The summed E-state index contributed by atoms with van der Waals surface area (Å²) in [6.45, 7) is 1.91. The van der Waals surface area contributed by atoms with E-state index in [1.807, 2.05) is 0 Å². The highest BCUT2D eigenvalue weighted by atomic mass is 16.5. The van der Waals surface area contributed by atoms with E-state index in [9.17, 15) is 14.4 Å². The summed E-state index contributed by atoms with van der Waals surface area (Å²) < 4.78 is 10.4. The van der Waals surface area contributed by atoms with E-state index in [-0.39, 0.29) is 11.8 Å². The third-order valence-corrected chi connectivity index (χ3v) is 5.00. The average Bonchev–Trinajstić information content (AvgIpc) is 3.49. The normalized spacial score (nSPS) is 18.1. The van der Waals surface area contributed by atoms with Gasteiger partial charge in [0, 0.05) is 32.2 Å². The van der Waals surface area contributed by atoms with Gasteiger partial charge in [-0.2, -0.15) is 0 Å². The molecule has 0 unspecified atom stereocenters. The molecular weight excluding hydrogens is 338 g/mol. The van der Waals surface area contributed by atoms with Gasteiger partial charge in [-0.05, 0) is 25.0 Å². The number of amides is 3. The van der Waals surface area contributed by atoms with Gasteiger partial charge in [-0.15, -0.1) is 0 Å². The van der Waals surface area contributed by atoms with Gasteiger partial charge in [0.25, 0.3) is 0 Å². The second-order valence-electron chi connectivity index (χ2n) is 6.54. The van der Waals surface area contributed by atoms with Crippen LogP contribution in [0.4, 0.5) is 5.69 Å². The first-order chi connectivity index (χ1) is 12.5.